The van der Waals surface area contributed by atoms with Crippen molar-refractivity contribution in [1.82, 2.24) is 20.6 Å². The van der Waals surface area contributed by atoms with Crippen LogP contribution in [0, 0.1) is 0 Å². The number of aromatic nitrogens is 4. The maximum absolute atomic E-state index is 11.7. The van der Waals surface area contributed by atoms with Gasteiger partial charge in [-0.1, -0.05) is 12.1 Å². The lowest BCUT2D eigenvalue weighted by Crippen LogP contribution is -2.11. The molecule has 0 spiro atoms. The molecule has 0 atom stereocenters. The zero-order valence-corrected chi connectivity index (χ0v) is 9.49. The number of ether oxygens (including phenoxy) is 1. The van der Waals surface area contributed by atoms with Crippen LogP contribution in [0.25, 0.3) is 11.4 Å². The Morgan fingerprint density at radius 1 is 1.41 bits per heavy atom. The fourth-order valence-electron chi connectivity index (χ4n) is 1.33. The Labute approximate surface area is 98.0 Å². The van der Waals surface area contributed by atoms with Crippen LogP contribution in [-0.4, -0.2) is 27.6 Å². The Morgan fingerprint density at radius 3 is 2.88 bits per heavy atom. The zero-order valence-electron chi connectivity index (χ0n) is 9.49. The van der Waals surface area contributed by atoms with Gasteiger partial charge in [0.05, 0.1) is 11.7 Å². The standard InChI is InChI=1S/C11H11N4O2/c1-7(2)17-11(16)9-5-3-4-8(6-9)10-12-14-15-13-10/h3-7H,1-2H3/q-1. The lowest BCUT2D eigenvalue weighted by molar-refractivity contribution is 0.0378. The van der Waals surface area contributed by atoms with Crippen molar-refractivity contribution < 1.29 is 9.53 Å². The molecule has 6 heteroatoms. The number of carbonyl (C=O) groups is 1. The predicted octanol–water partition coefficient (Wildman–Crippen LogP) is 1.06. The van der Waals surface area contributed by atoms with Gasteiger partial charge in [-0.05, 0) is 31.5 Å². The van der Waals surface area contributed by atoms with Gasteiger partial charge in [-0.15, -0.1) is 0 Å². The number of carbonyl (C=O) groups excluding carboxylic acids is 1. The van der Waals surface area contributed by atoms with E-state index in [0.29, 0.717) is 17.0 Å². The van der Waals surface area contributed by atoms with Crippen molar-refractivity contribution in [2.75, 3.05) is 0 Å². The summed E-state index contributed by atoms with van der Waals surface area (Å²) in [5.74, 6) is 0.0264. The molecule has 0 aliphatic carbocycles. The number of tetrazole rings is 1. The van der Waals surface area contributed by atoms with Crippen molar-refractivity contribution in [3.63, 3.8) is 0 Å². The topological polar surface area (TPSA) is 79.1 Å². The molecule has 0 bridgehead atoms. The highest BCUT2D eigenvalue weighted by Crippen LogP contribution is 2.15. The molecule has 0 radical (unpaired) electrons. The molecule has 88 valence electrons. The number of esters is 1. The van der Waals surface area contributed by atoms with Crippen LogP contribution in [0.4, 0.5) is 0 Å². The summed E-state index contributed by atoms with van der Waals surface area (Å²) in [6.45, 7) is 3.60. The molecule has 0 unspecified atom stereocenters. The van der Waals surface area contributed by atoms with Gasteiger partial charge in [-0.3, -0.25) is 10.3 Å². The van der Waals surface area contributed by atoms with Crippen molar-refractivity contribution in [3.8, 4) is 11.4 Å². The van der Waals surface area contributed by atoms with Crippen LogP contribution in [0.15, 0.2) is 24.3 Å². The third-order valence-electron chi connectivity index (χ3n) is 2.02. The van der Waals surface area contributed by atoms with E-state index in [4.69, 9.17) is 4.74 Å². The van der Waals surface area contributed by atoms with Gasteiger partial charge in [0, 0.05) is 5.82 Å². The molecule has 1 aromatic heterocycles. The molecule has 0 N–H and O–H groups in total. The number of benzene rings is 1. The summed E-state index contributed by atoms with van der Waals surface area (Å²) in [6.07, 6.45) is -0.148. The number of nitrogens with zero attached hydrogens (tertiary/aromatic N) is 4. The quantitative estimate of drug-likeness (QED) is 0.735. The van der Waals surface area contributed by atoms with Crippen LogP contribution < -0.4 is 5.10 Å². The maximum atomic E-state index is 11.7. The maximum Gasteiger partial charge on any atom is 0.338 e. The molecule has 1 heterocycles. The van der Waals surface area contributed by atoms with E-state index in [2.05, 4.69) is 20.6 Å². The van der Waals surface area contributed by atoms with E-state index >= 15 is 0 Å². The van der Waals surface area contributed by atoms with Crippen LogP contribution in [0.1, 0.15) is 24.2 Å². The lowest BCUT2D eigenvalue weighted by Gasteiger charge is -2.08. The van der Waals surface area contributed by atoms with Crippen LogP contribution in [0.5, 0.6) is 0 Å². The Bertz CT molecular complexity index is 508. The molecule has 2 rings (SSSR count). The molecule has 17 heavy (non-hydrogen) atoms. The molecule has 2 aromatic rings. The van der Waals surface area contributed by atoms with Crippen molar-refractivity contribution in [3.05, 3.63) is 29.8 Å². The zero-order chi connectivity index (χ0) is 12.3. The first-order chi connectivity index (χ1) is 8.16. The van der Waals surface area contributed by atoms with Crippen molar-refractivity contribution >= 4 is 5.97 Å². The Hall–Kier alpha value is -2.24. The SMILES string of the molecule is CC(C)OC(=O)c1cccc(-c2nnn[n-]2)c1. The van der Waals surface area contributed by atoms with E-state index < -0.39 is 0 Å². The summed E-state index contributed by atoms with van der Waals surface area (Å²) in [5.41, 5.74) is 1.15. The van der Waals surface area contributed by atoms with Gasteiger partial charge < -0.3 is 9.84 Å². The third-order valence-corrected chi connectivity index (χ3v) is 2.02. The van der Waals surface area contributed by atoms with Gasteiger partial charge in [0.25, 0.3) is 0 Å². The van der Waals surface area contributed by atoms with E-state index in [1.54, 1.807) is 38.1 Å². The molecule has 0 amide bonds. The Kier molecular flexibility index (Phi) is 3.13. The minimum Gasteiger partial charge on any atom is -0.459 e. The molecule has 0 aliphatic heterocycles. The summed E-state index contributed by atoms with van der Waals surface area (Å²) >= 11 is 0. The normalized spacial score (nSPS) is 10.5. The Balaban J connectivity index is 2.26. The van der Waals surface area contributed by atoms with Crippen molar-refractivity contribution in [2.45, 2.75) is 20.0 Å². The third kappa shape index (κ3) is 2.66. The first kappa shape index (κ1) is 11.3. The monoisotopic (exact) mass is 231 g/mol. The van der Waals surface area contributed by atoms with Crippen LogP contribution in [0.3, 0.4) is 0 Å². The van der Waals surface area contributed by atoms with E-state index in [0.717, 1.165) is 0 Å². The first-order valence-electron chi connectivity index (χ1n) is 5.17. The number of hydrogen-bond acceptors (Lipinski definition) is 5. The van der Waals surface area contributed by atoms with Gasteiger partial charge >= 0.3 is 5.97 Å². The second-order valence-corrected chi connectivity index (χ2v) is 3.74. The van der Waals surface area contributed by atoms with Crippen molar-refractivity contribution in [2.24, 2.45) is 0 Å². The summed E-state index contributed by atoms with van der Waals surface area (Å²) in [7, 11) is 0. The fourth-order valence-corrected chi connectivity index (χ4v) is 1.33. The molecule has 0 aliphatic rings. The van der Waals surface area contributed by atoms with Gasteiger partial charge in [0.15, 0.2) is 0 Å². The average molecular weight is 231 g/mol. The number of rotatable bonds is 3. The highest BCUT2D eigenvalue weighted by molar-refractivity contribution is 5.90. The van der Waals surface area contributed by atoms with E-state index in [1.165, 1.54) is 0 Å². The fraction of sp³-hybridized carbons (Fsp3) is 0.273. The smallest absolute Gasteiger partial charge is 0.338 e. The minimum absolute atomic E-state index is 0.148. The van der Waals surface area contributed by atoms with Gasteiger partial charge in [-0.2, -0.15) is 5.21 Å². The highest BCUT2D eigenvalue weighted by atomic mass is 16.5. The lowest BCUT2D eigenvalue weighted by atomic mass is 10.1. The first-order valence-corrected chi connectivity index (χ1v) is 5.17. The highest BCUT2D eigenvalue weighted by Gasteiger charge is 2.09. The minimum atomic E-state index is -0.366. The predicted molar refractivity (Wildman–Crippen MR) is 59.1 cm³/mol. The van der Waals surface area contributed by atoms with Gasteiger partial charge in [0.2, 0.25) is 0 Å². The van der Waals surface area contributed by atoms with E-state index in [-0.39, 0.29) is 12.1 Å². The van der Waals surface area contributed by atoms with E-state index in [1.807, 2.05) is 0 Å². The summed E-state index contributed by atoms with van der Waals surface area (Å²) in [6, 6.07) is 6.86. The molecule has 0 saturated heterocycles. The Morgan fingerprint density at radius 2 is 2.24 bits per heavy atom. The molecular formula is C11H11N4O2-. The molecule has 1 aromatic carbocycles. The van der Waals surface area contributed by atoms with Crippen LogP contribution in [-0.2, 0) is 4.74 Å². The largest absolute Gasteiger partial charge is 0.459 e. The molecule has 0 fully saturated rings. The number of hydrogen-bond donors (Lipinski definition) is 0. The van der Waals surface area contributed by atoms with Gasteiger partial charge in [0.1, 0.15) is 0 Å². The summed E-state index contributed by atoms with van der Waals surface area (Å²) in [5, 5.41) is 14.2. The molecule has 6 nitrogen and oxygen atoms in total. The average Bonchev–Trinajstić information content (AvgIpc) is 2.82. The summed E-state index contributed by atoms with van der Waals surface area (Å²) < 4.78 is 5.10. The van der Waals surface area contributed by atoms with Crippen LogP contribution >= 0.6 is 0 Å². The summed E-state index contributed by atoms with van der Waals surface area (Å²) in [4.78, 5) is 11.7. The van der Waals surface area contributed by atoms with E-state index in [9.17, 15) is 4.79 Å². The second-order valence-electron chi connectivity index (χ2n) is 3.74. The molecule has 0 saturated carbocycles. The second kappa shape index (κ2) is 4.73. The van der Waals surface area contributed by atoms with Crippen molar-refractivity contribution in [1.29, 1.82) is 0 Å². The van der Waals surface area contributed by atoms with Crippen LogP contribution in [0.2, 0.25) is 0 Å². The molecular weight excluding hydrogens is 220 g/mol. The van der Waals surface area contributed by atoms with Gasteiger partial charge in [-0.25, -0.2) is 4.79 Å².